The van der Waals surface area contributed by atoms with Crippen molar-refractivity contribution >= 4 is 0 Å². The fourth-order valence-electron chi connectivity index (χ4n) is 2.66. The van der Waals surface area contributed by atoms with E-state index >= 15 is 0 Å². The summed E-state index contributed by atoms with van der Waals surface area (Å²) in [6.07, 6.45) is 1.16. The van der Waals surface area contributed by atoms with E-state index in [4.69, 9.17) is 4.74 Å². The Labute approximate surface area is 116 Å². The van der Waals surface area contributed by atoms with Gasteiger partial charge in [-0.05, 0) is 37.6 Å². The Bertz CT molecular complexity index is 371. The number of likely N-dealkylation sites (N-methyl/N-ethyl adjacent to an activating group) is 2. The van der Waals surface area contributed by atoms with Crippen molar-refractivity contribution in [3.63, 3.8) is 0 Å². The van der Waals surface area contributed by atoms with Gasteiger partial charge in [-0.3, -0.25) is 4.90 Å². The van der Waals surface area contributed by atoms with Crippen LogP contribution in [0.5, 0.6) is 0 Å². The summed E-state index contributed by atoms with van der Waals surface area (Å²) in [5.41, 5.74) is 2.79. The van der Waals surface area contributed by atoms with E-state index in [0.717, 1.165) is 32.7 Å². The monoisotopic (exact) mass is 262 g/mol. The van der Waals surface area contributed by atoms with Gasteiger partial charge in [0.2, 0.25) is 0 Å². The first-order chi connectivity index (χ1) is 9.20. The van der Waals surface area contributed by atoms with Crippen LogP contribution in [-0.4, -0.2) is 44.8 Å². The highest BCUT2D eigenvalue weighted by atomic mass is 16.5. The van der Waals surface area contributed by atoms with E-state index in [1.807, 2.05) is 7.05 Å². The summed E-state index contributed by atoms with van der Waals surface area (Å²) in [4.78, 5) is 2.40. The lowest BCUT2D eigenvalue weighted by Gasteiger charge is -2.23. The fourth-order valence-corrected chi connectivity index (χ4v) is 2.66. The third-order valence-electron chi connectivity index (χ3n) is 4.02. The highest BCUT2D eigenvalue weighted by molar-refractivity contribution is 5.25. The summed E-state index contributed by atoms with van der Waals surface area (Å²) in [5, 5.41) is 3.23. The van der Waals surface area contributed by atoms with E-state index in [0.29, 0.717) is 12.0 Å². The lowest BCUT2D eigenvalue weighted by atomic mass is 9.99. The summed E-state index contributed by atoms with van der Waals surface area (Å²) in [6, 6.07) is 9.62. The smallest absolute Gasteiger partial charge is 0.0622 e. The summed E-state index contributed by atoms with van der Waals surface area (Å²) in [5.74, 6) is 0.569. The van der Waals surface area contributed by atoms with E-state index in [1.165, 1.54) is 11.1 Å². The standard InChI is InChI=1S/C16H26N2O/c1-13(10-17-2)15-6-4-14(5-7-15)11-18(3)16-8-9-19-12-16/h4-7,13,16-17H,8-12H2,1-3H3. The molecule has 19 heavy (non-hydrogen) atoms. The Morgan fingerprint density at radius 3 is 2.68 bits per heavy atom. The zero-order chi connectivity index (χ0) is 13.7. The fraction of sp³-hybridized carbons (Fsp3) is 0.625. The third kappa shape index (κ3) is 4.03. The average Bonchev–Trinajstić information content (AvgIpc) is 2.94. The molecule has 1 aromatic carbocycles. The number of hydrogen-bond donors (Lipinski definition) is 1. The molecular formula is C16H26N2O. The minimum Gasteiger partial charge on any atom is -0.380 e. The number of rotatable bonds is 6. The molecule has 0 bridgehead atoms. The van der Waals surface area contributed by atoms with Gasteiger partial charge >= 0.3 is 0 Å². The van der Waals surface area contributed by atoms with Gasteiger partial charge in [0, 0.05) is 25.7 Å². The van der Waals surface area contributed by atoms with Gasteiger partial charge in [-0.25, -0.2) is 0 Å². The molecule has 0 amide bonds. The van der Waals surface area contributed by atoms with Gasteiger partial charge in [0.25, 0.3) is 0 Å². The van der Waals surface area contributed by atoms with Crippen molar-refractivity contribution in [2.24, 2.45) is 0 Å². The zero-order valence-electron chi connectivity index (χ0n) is 12.4. The molecule has 106 valence electrons. The molecule has 1 aliphatic heterocycles. The second-order valence-electron chi connectivity index (χ2n) is 5.63. The van der Waals surface area contributed by atoms with Crippen molar-refractivity contribution < 1.29 is 4.74 Å². The molecule has 1 N–H and O–H groups in total. The van der Waals surface area contributed by atoms with Crippen molar-refractivity contribution in [3.8, 4) is 0 Å². The van der Waals surface area contributed by atoms with Crippen molar-refractivity contribution in [2.45, 2.75) is 31.8 Å². The van der Waals surface area contributed by atoms with Crippen molar-refractivity contribution in [3.05, 3.63) is 35.4 Å². The van der Waals surface area contributed by atoms with Crippen LogP contribution in [0.2, 0.25) is 0 Å². The van der Waals surface area contributed by atoms with E-state index in [2.05, 4.69) is 48.5 Å². The van der Waals surface area contributed by atoms with Crippen molar-refractivity contribution in [1.82, 2.24) is 10.2 Å². The Morgan fingerprint density at radius 1 is 1.37 bits per heavy atom. The molecule has 0 aliphatic carbocycles. The van der Waals surface area contributed by atoms with Gasteiger partial charge < -0.3 is 10.1 Å². The molecule has 1 fully saturated rings. The Hall–Kier alpha value is -0.900. The molecule has 1 aliphatic rings. The first-order valence-corrected chi connectivity index (χ1v) is 7.22. The number of nitrogens with zero attached hydrogens (tertiary/aromatic N) is 1. The van der Waals surface area contributed by atoms with Gasteiger partial charge in [0.1, 0.15) is 0 Å². The Balaban J connectivity index is 1.90. The lowest BCUT2D eigenvalue weighted by molar-refractivity contribution is 0.156. The van der Waals surface area contributed by atoms with E-state index in [9.17, 15) is 0 Å². The average molecular weight is 262 g/mol. The van der Waals surface area contributed by atoms with Gasteiger partial charge in [-0.2, -0.15) is 0 Å². The molecular weight excluding hydrogens is 236 g/mol. The van der Waals surface area contributed by atoms with Crippen molar-refractivity contribution in [1.29, 1.82) is 0 Å². The first kappa shape index (κ1) is 14.5. The predicted octanol–water partition coefficient (Wildman–Crippen LogP) is 2.23. The molecule has 3 nitrogen and oxygen atoms in total. The van der Waals surface area contributed by atoms with E-state index < -0.39 is 0 Å². The maximum Gasteiger partial charge on any atom is 0.0622 e. The third-order valence-corrected chi connectivity index (χ3v) is 4.02. The normalized spacial score (nSPS) is 20.9. The molecule has 0 radical (unpaired) electrons. The second kappa shape index (κ2) is 7.04. The maximum absolute atomic E-state index is 5.44. The van der Waals surface area contributed by atoms with Gasteiger partial charge in [-0.15, -0.1) is 0 Å². The summed E-state index contributed by atoms with van der Waals surface area (Å²) >= 11 is 0. The van der Waals surface area contributed by atoms with E-state index in [1.54, 1.807) is 0 Å². The molecule has 1 saturated heterocycles. The van der Waals surface area contributed by atoms with Crippen molar-refractivity contribution in [2.75, 3.05) is 33.9 Å². The first-order valence-electron chi connectivity index (χ1n) is 7.22. The number of hydrogen-bond acceptors (Lipinski definition) is 3. The molecule has 2 rings (SSSR count). The highest BCUT2D eigenvalue weighted by Gasteiger charge is 2.20. The number of benzene rings is 1. The summed E-state index contributed by atoms with van der Waals surface area (Å²) < 4.78 is 5.44. The summed E-state index contributed by atoms with van der Waals surface area (Å²) in [7, 11) is 4.19. The van der Waals surface area contributed by atoms with Crippen LogP contribution in [0.1, 0.15) is 30.4 Å². The summed E-state index contributed by atoms with van der Waals surface area (Å²) in [6.45, 7) is 6.09. The Kier molecular flexibility index (Phi) is 5.37. The number of ether oxygens (including phenoxy) is 1. The molecule has 0 spiro atoms. The van der Waals surface area contributed by atoms with Crippen LogP contribution in [0.15, 0.2) is 24.3 Å². The molecule has 1 aromatic rings. The van der Waals surface area contributed by atoms with Gasteiger partial charge in [-0.1, -0.05) is 31.2 Å². The molecule has 2 unspecified atom stereocenters. The minimum atomic E-state index is 0.569. The minimum absolute atomic E-state index is 0.569. The van der Waals surface area contributed by atoms with Crippen LogP contribution < -0.4 is 5.32 Å². The second-order valence-corrected chi connectivity index (χ2v) is 5.63. The van der Waals surface area contributed by atoms with Crippen LogP contribution >= 0.6 is 0 Å². The van der Waals surface area contributed by atoms with E-state index in [-0.39, 0.29) is 0 Å². The Morgan fingerprint density at radius 2 is 2.11 bits per heavy atom. The highest BCUT2D eigenvalue weighted by Crippen LogP contribution is 2.17. The lowest BCUT2D eigenvalue weighted by Crippen LogP contribution is -2.31. The predicted molar refractivity (Wildman–Crippen MR) is 79.5 cm³/mol. The van der Waals surface area contributed by atoms with Crippen LogP contribution in [-0.2, 0) is 11.3 Å². The van der Waals surface area contributed by atoms with Gasteiger partial charge in [0.05, 0.1) is 6.61 Å². The SMILES string of the molecule is CNCC(C)c1ccc(CN(C)C2CCOC2)cc1. The molecule has 0 saturated carbocycles. The topological polar surface area (TPSA) is 24.5 Å². The number of nitrogens with one attached hydrogen (secondary N) is 1. The van der Waals surface area contributed by atoms with Gasteiger partial charge in [0.15, 0.2) is 0 Å². The van der Waals surface area contributed by atoms with Crippen LogP contribution in [0.4, 0.5) is 0 Å². The quantitative estimate of drug-likeness (QED) is 0.851. The maximum atomic E-state index is 5.44. The largest absolute Gasteiger partial charge is 0.380 e. The molecule has 0 aromatic heterocycles. The zero-order valence-corrected chi connectivity index (χ0v) is 12.4. The van der Waals surface area contributed by atoms with Crippen LogP contribution in [0.25, 0.3) is 0 Å². The molecule has 3 heteroatoms. The molecule has 2 atom stereocenters. The van der Waals surface area contributed by atoms with Crippen LogP contribution in [0, 0.1) is 0 Å². The van der Waals surface area contributed by atoms with Crippen LogP contribution in [0.3, 0.4) is 0 Å². The molecule has 1 heterocycles.